The maximum atomic E-state index is 13.6. The first-order valence-electron chi connectivity index (χ1n) is 12.4. The summed E-state index contributed by atoms with van der Waals surface area (Å²) in [5, 5.41) is 8.33. The first kappa shape index (κ1) is 24.4. The van der Waals surface area contributed by atoms with E-state index in [0.29, 0.717) is 43.0 Å². The van der Waals surface area contributed by atoms with Gasteiger partial charge in [0.15, 0.2) is 5.82 Å². The Bertz CT molecular complexity index is 1190. The third kappa shape index (κ3) is 5.21. The maximum Gasteiger partial charge on any atom is 0.314 e. The summed E-state index contributed by atoms with van der Waals surface area (Å²) in [6.07, 6.45) is 3.35. The quantitative estimate of drug-likeness (QED) is 0.509. The average molecular weight is 476 g/mol. The fraction of sp³-hybridized carbons (Fsp3) is 0.407. The lowest BCUT2D eigenvalue weighted by Gasteiger charge is -2.33. The molecule has 0 unspecified atom stereocenters. The zero-order valence-electron chi connectivity index (χ0n) is 20.6. The number of hydrogen-bond acceptors (Lipinski definition) is 5. The lowest BCUT2D eigenvalue weighted by molar-refractivity contribution is 0.0711. The Morgan fingerprint density at radius 2 is 1.71 bits per heavy atom. The molecular weight excluding hydrogens is 442 g/mol. The molecule has 0 radical (unpaired) electrons. The number of likely N-dealkylation sites (tertiary alicyclic amines) is 1. The van der Waals surface area contributed by atoms with Crippen molar-refractivity contribution in [1.29, 1.82) is 0 Å². The minimum atomic E-state index is -0.420. The Kier molecular flexibility index (Phi) is 7.48. The van der Waals surface area contributed by atoms with E-state index in [-0.39, 0.29) is 5.91 Å². The van der Waals surface area contributed by atoms with Gasteiger partial charge in [-0.1, -0.05) is 37.1 Å². The molecule has 3 N–H and O–H groups in total. The van der Waals surface area contributed by atoms with Gasteiger partial charge in [0.25, 0.3) is 5.91 Å². The predicted molar refractivity (Wildman–Crippen MR) is 135 cm³/mol. The number of nitrogens with two attached hydrogens (primary N) is 1. The van der Waals surface area contributed by atoms with Gasteiger partial charge in [0.05, 0.1) is 6.61 Å². The molecule has 2 aromatic carbocycles. The molecule has 0 aliphatic carbocycles. The molecule has 1 saturated heterocycles. The van der Waals surface area contributed by atoms with Crippen LogP contribution in [0.5, 0.6) is 6.01 Å². The van der Waals surface area contributed by atoms with Crippen molar-refractivity contribution < 1.29 is 14.3 Å². The number of aromatic nitrogens is 3. The van der Waals surface area contributed by atoms with Crippen LogP contribution in [0.25, 0.3) is 11.4 Å². The number of nitrogens with zero attached hydrogens (tertiary/aromatic N) is 3. The summed E-state index contributed by atoms with van der Waals surface area (Å²) in [4.78, 5) is 30.1. The number of carbonyl (C=O) groups is 2. The lowest BCUT2D eigenvalue weighted by Crippen LogP contribution is -2.38. The topological polar surface area (TPSA) is 114 Å². The molecule has 0 bridgehead atoms. The highest BCUT2D eigenvalue weighted by Gasteiger charge is 2.27. The summed E-state index contributed by atoms with van der Waals surface area (Å²) in [7, 11) is 0. The van der Waals surface area contributed by atoms with Crippen molar-refractivity contribution in [2.75, 3.05) is 19.7 Å². The number of aryl methyl sites for hydroxylation is 2. The summed E-state index contributed by atoms with van der Waals surface area (Å²) in [5.74, 6) is 0.602. The number of primary amides is 1. The van der Waals surface area contributed by atoms with E-state index in [1.165, 1.54) is 5.56 Å². The molecule has 0 saturated carbocycles. The highest BCUT2D eigenvalue weighted by molar-refractivity contribution is 5.97. The largest absolute Gasteiger partial charge is 0.464 e. The number of amides is 2. The predicted octanol–water partition coefficient (Wildman–Crippen LogP) is 4.11. The van der Waals surface area contributed by atoms with Crippen molar-refractivity contribution in [2.45, 2.75) is 52.4 Å². The van der Waals surface area contributed by atoms with Crippen molar-refractivity contribution in [2.24, 2.45) is 5.73 Å². The Labute approximate surface area is 205 Å². The van der Waals surface area contributed by atoms with E-state index in [2.05, 4.69) is 35.1 Å². The smallest absolute Gasteiger partial charge is 0.314 e. The van der Waals surface area contributed by atoms with E-state index < -0.39 is 5.91 Å². The van der Waals surface area contributed by atoms with Crippen LogP contribution in [0.3, 0.4) is 0 Å². The van der Waals surface area contributed by atoms with Gasteiger partial charge in [-0.05, 0) is 73.4 Å². The van der Waals surface area contributed by atoms with Gasteiger partial charge in [0, 0.05) is 29.8 Å². The van der Waals surface area contributed by atoms with Crippen molar-refractivity contribution in [1.82, 2.24) is 20.1 Å². The maximum absolute atomic E-state index is 13.6. The molecule has 0 atom stereocenters. The number of carbonyl (C=O) groups excluding carboxylic acids is 2. The third-order valence-electron chi connectivity index (χ3n) is 6.77. The van der Waals surface area contributed by atoms with Crippen molar-refractivity contribution in [3.63, 3.8) is 0 Å². The van der Waals surface area contributed by atoms with Gasteiger partial charge < -0.3 is 15.4 Å². The van der Waals surface area contributed by atoms with E-state index in [1.807, 2.05) is 30.0 Å². The zero-order chi connectivity index (χ0) is 24.9. The van der Waals surface area contributed by atoms with Crippen LogP contribution in [-0.4, -0.2) is 51.6 Å². The number of benzene rings is 2. The van der Waals surface area contributed by atoms with Gasteiger partial charge in [0.2, 0.25) is 5.91 Å². The minimum Gasteiger partial charge on any atom is -0.464 e. The Hall–Kier alpha value is -3.68. The molecule has 2 heterocycles. The molecule has 1 aliphatic heterocycles. The van der Waals surface area contributed by atoms with Crippen LogP contribution in [0.2, 0.25) is 0 Å². The summed E-state index contributed by atoms with van der Waals surface area (Å²) >= 11 is 0. The molecule has 8 nitrogen and oxygen atoms in total. The Balaban J connectivity index is 1.54. The average Bonchev–Trinajstić information content (AvgIpc) is 3.36. The first-order chi connectivity index (χ1) is 16.9. The second kappa shape index (κ2) is 10.7. The molecule has 8 heteroatoms. The van der Waals surface area contributed by atoms with Crippen LogP contribution in [0.15, 0.2) is 36.4 Å². The summed E-state index contributed by atoms with van der Waals surface area (Å²) in [6, 6.07) is 12.0. The second-order valence-corrected chi connectivity index (χ2v) is 8.84. The van der Waals surface area contributed by atoms with Gasteiger partial charge >= 0.3 is 6.01 Å². The van der Waals surface area contributed by atoms with Crippen LogP contribution in [-0.2, 0) is 12.8 Å². The zero-order valence-corrected chi connectivity index (χ0v) is 20.6. The Morgan fingerprint density at radius 1 is 1.03 bits per heavy atom. The van der Waals surface area contributed by atoms with E-state index in [4.69, 9.17) is 10.5 Å². The number of ether oxygens (including phenoxy) is 1. The van der Waals surface area contributed by atoms with Crippen LogP contribution in [0, 0.1) is 0 Å². The first-order valence-corrected chi connectivity index (χ1v) is 12.4. The molecule has 1 fully saturated rings. The fourth-order valence-electron chi connectivity index (χ4n) is 4.78. The Morgan fingerprint density at radius 3 is 2.31 bits per heavy atom. The van der Waals surface area contributed by atoms with Crippen LogP contribution < -0.4 is 10.5 Å². The third-order valence-corrected chi connectivity index (χ3v) is 6.77. The monoisotopic (exact) mass is 475 g/mol. The number of hydrogen-bond donors (Lipinski definition) is 2. The SMILES string of the molecule is CCOc1nnc(-c2cc(C(=O)N3CCC(c4ccc(C(N)=O)cc4)CC3)c(CC)cc2CC)[nH]1. The van der Waals surface area contributed by atoms with Crippen LogP contribution >= 0.6 is 0 Å². The molecule has 2 amide bonds. The van der Waals surface area contributed by atoms with Gasteiger partial charge in [-0.3, -0.25) is 14.6 Å². The minimum absolute atomic E-state index is 0.0535. The number of nitrogens with one attached hydrogen (secondary N) is 1. The van der Waals surface area contributed by atoms with Crippen molar-refractivity contribution in [3.8, 4) is 17.4 Å². The highest BCUT2D eigenvalue weighted by Crippen LogP contribution is 2.31. The molecule has 184 valence electrons. The molecule has 35 heavy (non-hydrogen) atoms. The van der Waals surface area contributed by atoms with Gasteiger partial charge in [-0.2, -0.15) is 0 Å². The van der Waals surface area contributed by atoms with E-state index in [1.54, 1.807) is 12.1 Å². The normalized spacial score (nSPS) is 14.2. The number of piperidine rings is 1. The molecule has 1 aliphatic rings. The highest BCUT2D eigenvalue weighted by atomic mass is 16.5. The number of rotatable bonds is 8. The second-order valence-electron chi connectivity index (χ2n) is 8.84. The molecular formula is C27H33N5O3. The van der Waals surface area contributed by atoms with Crippen LogP contribution in [0.4, 0.5) is 0 Å². The number of aromatic amines is 1. The summed E-state index contributed by atoms with van der Waals surface area (Å²) in [6.45, 7) is 7.94. The number of H-pyrrole nitrogens is 1. The van der Waals surface area contributed by atoms with E-state index in [9.17, 15) is 9.59 Å². The molecule has 0 spiro atoms. The lowest BCUT2D eigenvalue weighted by atomic mass is 9.88. The summed E-state index contributed by atoms with van der Waals surface area (Å²) in [5.41, 5.74) is 10.8. The van der Waals surface area contributed by atoms with Crippen molar-refractivity contribution >= 4 is 11.8 Å². The van der Waals surface area contributed by atoms with Gasteiger partial charge in [0.1, 0.15) is 0 Å². The summed E-state index contributed by atoms with van der Waals surface area (Å²) < 4.78 is 5.44. The van der Waals surface area contributed by atoms with E-state index in [0.717, 1.165) is 47.9 Å². The molecule has 4 rings (SSSR count). The standard InChI is InChI=1S/C27H33N5O3/c1-4-17-15-18(5-2)23(16-22(17)25-29-27(31-30-25)35-6-3)26(34)32-13-11-20(12-14-32)19-7-9-21(10-8-19)24(28)33/h7-10,15-16,20H,4-6,11-14H2,1-3H3,(H2,28,33)(H,29,30,31). The van der Waals surface area contributed by atoms with Gasteiger partial charge in [-0.25, -0.2) is 0 Å². The fourth-order valence-corrected chi connectivity index (χ4v) is 4.78. The molecule has 3 aromatic rings. The van der Waals surface area contributed by atoms with Gasteiger partial charge in [-0.15, -0.1) is 5.10 Å². The molecule has 1 aromatic heterocycles. The van der Waals surface area contributed by atoms with Crippen LogP contribution in [0.1, 0.15) is 76.9 Å². The van der Waals surface area contributed by atoms with Crippen molar-refractivity contribution in [3.05, 3.63) is 64.2 Å². The van der Waals surface area contributed by atoms with E-state index >= 15 is 0 Å².